The summed E-state index contributed by atoms with van der Waals surface area (Å²) in [5, 5.41) is 3.57. The summed E-state index contributed by atoms with van der Waals surface area (Å²) in [4.78, 5) is 9.74. The number of pyridine rings is 2. The summed E-state index contributed by atoms with van der Waals surface area (Å²) in [6, 6.07) is 28.0. The molecule has 0 saturated carbocycles. The molecule has 7 rings (SSSR count). The monoisotopic (exact) mass is 480 g/mol. The maximum Gasteiger partial charge on any atom is 0.161 e. The van der Waals surface area contributed by atoms with Crippen molar-refractivity contribution in [2.24, 2.45) is 5.92 Å². The zero-order chi connectivity index (χ0) is 24.9. The van der Waals surface area contributed by atoms with Crippen molar-refractivity contribution in [1.29, 1.82) is 0 Å². The number of hydrogen-bond acceptors (Lipinski definition) is 3. The first-order chi connectivity index (χ1) is 18.2. The summed E-state index contributed by atoms with van der Waals surface area (Å²) in [6.07, 6.45) is 6.93. The molecule has 0 aliphatic heterocycles. The van der Waals surface area contributed by atoms with Crippen LogP contribution in [0.3, 0.4) is 0 Å². The molecule has 3 nitrogen and oxygen atoms in total. The zero-order valence-corrected chi connectivity index (χ0v) is 21.2. The minimum absolute atomic E-state index is 0.613. The Kier molecular flexibility index (Phi) is 5.17. The van der Waals surface area contributed by atoms with Crippen molar-refractivity contribution in [2.75, 3.05) is 0 Å². The Morgan fingerprint density at radius 2 is 1.62 bits per heavy atom. The van der Waals surface area contributed by atoms with Crippen molar-refractivity contribution in [3.05, 3.63) is 108 Å². The molecule has 3 aromatic carbocycles. The molecule has 0 unspecified atom stereocenters. The summed E-state index contributed by atoms with van der Waals surface area (Å²) in [6.45, 7) is 4.50. The summed E-state index contributed by atoms with van der Waals surface area (Å²) in [5.41, 5.74) is 10.0. The van der Waals surface area contributed by atoms with E-state index in [1.165, 1.54) is 38.6 Å². The van der Waals surface area contributed by atoms with Gasteiger partial charge in [0.25, 0.3) is 0 Å². The molecule has 0 radical (unpaired) electrons. The lowest BCUT2D eigenvalue weighted by Crippen LogP contribution is -2.06. The summed E-state index contributed by atoms with van der Waals surface area (Å²) in [5.74, 6) is 1.52. The van der Waals surface area contributed by atoms with Gasteiger partial charge < -0.3 is 4.42 Å². The smallest absolute Gasteiger partial charge is 0.161 e. The number of hydrogen-bond donors (Lipinski definition) is 0. The Labute approximate surface area is 216 Å². The number of rotatable bonds is 4. The molecule has 0 bridgehead atoms. The van der Waals surface area contributed by atoms with Gasteiger partial charge in [-0.25, -0.2) is 0 Å². The van der Waals surface area contributed by atoms with E-state index in [4.69, 9.17) is 14.4 Å². The highest BCUT2D eigenvalue weighted by atomic mass is 16.3. The molecule has 0 N–H and O–H groups in total. The van der Waals surface area contributed by atoms with Gasteiger partial charge in [-0.3, -0.25) is 9.97 Å². The Morgan fingerprint density at radius 1 is 0.784 bits per heavy atom. The highest BCUT2D eigenvalue weighted by molar-refractivity contribution is 6.03. The predicted molar refractivity (Wildman–Crippen MR) is 152 cm³/mol. The first-order valence-corrected chi connectivity index (χ1v) is 13.1. The first-order valence-electron chi connectivity index (χ1n) is 13.1. The molecule has 0 amide bonds. The van der Waals surface area contributed by atoms with E-state index < -0.39 is 0 Å². The second kappa shape index (κ2) is 8.70. The third-order valence-electron chi connectivity index (χ3n) is 7.45. The van der Waals surface area contributed by atoms with E-state index in [1.807, 2.05) is 12.4 Å². The Morgan fingerprint density at radius 3 is 2.49 bits per heavy atom. The van der Waals surface area contributed by atoms with Gasteiger partial charge in [0.1, 0.15) is 11.4 Å². The standard InChI is InChI=1S/C34H28N2O/c1-21(2)16-22-17-25-12-13-28-29-14-15-35-32(34(29)37-33(28)31(25)36-20-22)26-18-24-10-6-7-11-27(24)30(19-26)23-8-4-3-5-9-23/h3-11,14-15,17-21H,12-13,16H2,1-2H3. The SMILES string of the molecule is CC(C)Cc1cnc2c(c1)CCc1c-2oc2c(-c3cc(-c4ccccc4)c4ccccc4c3)nccc12. The van der Waals surface area contributed by atoms with Crippen molar-refractivity contribution in [3.63, 3.8) is 0 Å². The first kappa shape index (κ1) is 22.0. The van der Waals surface area contributed by atoms with Gasteiger partial charge in [0.15, 0.2) is 11.3 Å². The largest absolute Gasteiger partial charge is 0.452 e. The minimum Gasteiger partial charge on any atom is -0.452 e. The maximum atomic E-state index is 6.66. The molecule has 0 atom stereocenters. The fourth-order valence-electron chi connectivity index (χ4n) is 5.82. The molecule has 3 heteroatoms. The summed E-state index contributed by atoms with van der Waals surface area (Å²) < 4.78 is 6.66. The molecule has 1 aliphatic carbocycles. The van der Waals surface area contributed by atoms with E-state index in [2.05, 4.69) is 92.7 Å². The molecule has 1 aliphatic rings. The third kappa shape index (κ3) is 3.74. The lowest BCUT2D eigenvalue weighted by Gasteiger charge is -2.16. The number of furan rings is 1. The van der Waals surface area contributed by atoms with Crippen LogP contribution >= 0.6 is 0 Å². The molecular weight excluding hydrogens is 452 g/mol. The van der Waals surface area contributed by atoms with E-state index in [1.54, 1.807) is 0 Å². The van der Waals surface area contributed by atoms with Crippen LogP contribution in [0.5, 0.6) is 0 Å². The Hall–Kier alpha value is -4.24. The highest BCUT2D eigenvalue weighted by Gasteiger charge is 2.26. The zero-order valence-electron chi connectivity index (χ0n) is 21.2. The minimum atomic E-state index is 0.613. The third-order valence-corrected chi connectivity index (χ3v) is 7.45. The van der Waals surface area contributed by atoms with E-state index in [9.17, 15) is 0 Å². The second-order valence-corrected chi connectivity index (χ2v) is 10.5. The molecule has 3 heterocycles. The fourth-order valence-corrected chi connectivity index (χ4v) is 5.82. The van der Waals surface area contributed by atoms with E-state index in [0.29, 0.717) is 5.92 Å². The van der Waals surface area contributed by atoms with Crippen LogP contribution in [0.15, 0.2) is 95.7 Å². The van der Waals surface area contributed by atoms with Gasteiger partial charge in [0.2, 0.25) is 0 Å². The number of benzene rings is 3. The van der Waals surface area contributed by atoms with Gasteiger partial charge in [-0.2, -0.15) is 0 Å². The topological polar surface area (TPSA) is 38.9 Å². The molecule has 6 aromatic rings. The molecule has 3 aromatic heterocycles. The summed E-state index contributed by atoms with van der Waals surface area (Å²) in [7, 11) is 0. The molecule has 0 spiro atoms. The maximum absolute atomic E-state index is 6.66. The summed E-state index contributed by atoms with van der Waals surface area (Å²) >= 11 is 0. The van der Waals surface area contributed by atoms with Crippen molar-refractivity contribution in [2.45, 2.75) is 33.1 Å². The fraction of sp³-hybridized carbons (Fsp3) is 0.176. The van der Waals surface area contributed by atoms with Crippen LogP contribution in [0.1, 0.15) is 30.5 Å². The quantitative estimate of drug-likeness (QED) is 0.253. The van der Waals surface area contributed by atoms with Crippen LogP contribution in [-0.2, 0) is 19.3 Å². The lowest BCUT2D eigenvalue weighted by molar-refractivity contribution is 0.615. The highest BCUT2D eigenvalue weighted by Crippen LogP contribution is 2.43. The van der Waals surface area contributed by atoms with Crippen LogP contribution in [0.2, 0.25) is 0 Å². The van der Waals surface area contributed by atoms with Gasteiger partial charge in [-0.15, -0.1) is 0 Å². The average molecular weight is 481 g/mol. The molecule has 0 saturated heterocycles. The number of aromatic nitrogens is 2. The van der Waals surface area contributed by atoms with E-state index in [0.717, 1.165) is 52.9 Å². The molecular formula is C34H28N2O. The van der Waals surface area contributed by atoms with Crippen molar-refractivity contribution < 1.29 is 4.42 Å². The van der Waals surface area contributed by atoms with Crippen LogP contribution in [0, 0.1) is 5.92 Å². The Balaban J connectivity index is 1.42. The van der Waals surface area contributed by atoms with Gasteiger partial charge in [-0.1, -0.05) is 74.5 Å². The van der Waals surface area contributed by atoms with Crippen LogP contribution in [0.4, 0.5) is 0 Å². The van der Waals surface area contributed by atoms with Crippen molar-refractivity contribution in [3.8, 4) is 33.8 Å². The van der Waals surface area contributed by atoms with E-state index >= 15 is 0 Å². The van der Waals surface area contributed by atoms with Crippen LogP contribution in [0.25, 0.3) is 55.6 Å². The molecule has 0 fully saturated rings. The van der Waals surface area contributed by atoms with Gasteiger partial charge in [0.05, 0.1) is 0 Å². The number of aryl methyl sites for hydroxylation is 2. The lowest BCUT2D eigenvalue weighted by atomic mass is 9.90. The molecule has 180 valence electrons. The van der Waals surface area contributed by atoms with Crippen molar-refractivity contribution >= 4 is 21.7 Å². The van der Waals surface area contributed by atoms with Gasteiger partial charge in [-0.05, 0) is 76.4 Å². The normalized spacial score (nSPS) is 12.7. The molecule has 37 heavy (non-hydrogen) atoms. The van der Waals surface area contributed by atoms with E-state index in [-0.39, 0.29) is 0 Å². The number of nitrogens with zero attached hydrogens (tertiary/aromatic N) is 2. The Bertz CT molecular complexity index is 1780. The second-order valence-electron chi connectivity index (χ2n) is 10.5. The van der Waals surface area contributed by atoms with Crippen molar-refractivity contribution in [1.82, 2.24) is 9.97 Å². The van der Waals surface area contributed by atoms with Crippen LogP contribution < -0.4 is 0 Å². The average Bonchev–Trinajstić information content (AvgIpc) is 3.32. The number of fused-ring (bicyclic) bond motifs is 6. The van der Waals surface area contributed by atoms with Crippen LogP contribution in [-0.4, -0.2) is 9.97 Å². The predicted octanol–water partition coefficient (Wildman–Crippen LogP) is 8.67. The van der Waals surface area contributed by atoms with Gasteiger partial charge >= 0.3 is 0 Å². The van der Waals surface area contributed by atoms with Gasteiger partial charge in [0, 0.05) is 28.9 Å².